The zero-order chi connectivity index (χ0) is 13.1. The lowest BCUT2D eigenvalue weighted by atomic mass is 10.1. The summed E-state index contributed by atoms with van der Waals surface area (Å²) in [4.78, 5) is 8.26. The van der Waals surface area contributed by atoms with Crippen molar-refractivity contribution >= 4 is 0 Å². The Hall–Kier alpha value is -2.69. The zero-order valence-corrected chi connectivity index (χ0v) is 10.0. The van der Waals surface area contributed by atoms with Crippen LogP contribution in [0, 0.1) is 0 Å². The van der Waals surface area contributed by atoms with E-state index in [2.05, 4.69) is 15.1 Å². The number of benzene rings is 1. The van der Waals surface area contributed by atoms with Crippen LogP contribution < -0.4 is 0 Å². The van der Waals surface area contributed by atoms with Crippen molar-refractivity contribution < 1.29 is 9.63 Å². The molecule has 0 saturated heterocycles. The second-order valence-electron chi connectivity index (χ2n) is 4.09. The number of aromatic hydroxyl groups is 1. The predicted molar refractivity (Wildman–Crippen MR) is 68.4 cm³/mol. The highest BCUT2D eigenvalue weighted by atomic mass is 16.5. The smallest absolute Gasteiger partial charge is 0.231 e. The predicted octanol–water partition coefficient (Wildman–Crippen LogP) is 2.43. The van der Waals surface area contributed by atoms with Crippen molar-refractivity contribution in [3.05, 3.63) is 60.2 Å². The fourth-order valence-corrected chi connectivity index (χ4v) is 1.79. The Labute approximate surface area is 109 Å². The first kappa shape index (κ1) is 11.4. The zero-order valence-electron chi connectivity index (χ0n) is 10.0. The maximum atomic E-state index is 9.40. The van der Waals surface area contributed by atoms with E-state index in [-0.39, 0.29) is 5.75 Å². The summed E-state index contributed by atoms with van der Waals surface area (Å²) in [7, 11) is 0. The third-order valence-electron chi connectivity index (χ3n) is 2.67. The molecule has 94 valence electrons. The highest BCUT2D eigenvalue weighted by Gasteiger charge is 2.09. The molecule has 3 aromatic rings. The monoisotopic (exact) mass is 253 g/mol. The molecule has 0 bridgehead atoms. The van der Waals surface area contributed by atoms with E-state index < -0.39 is 0 Å². The Bertz CT molecular complexity index is 680. The van der Waals surface area contributed by atoms with E-state index >= 15 is 0 Å². The van der Waals surface area contributed by atoms with Gasteiger partial charge >= 0.3 is 0 Å². The largest absolute Gasteiger partial charge is 0.508 e. The van der Waals surface area contributed by atoms with E-state index in [1.807, 2.05) is 18.2 Å². The Kier molecular flexibility index (Phi) is 2.94. The lowest BCUT2D eigenvalue weighted by Crippen LogP contribution is -1.88. The molecule has 19 heavy (non-hydrogen) atoms. The molecule has 0 aliphatic heterocycles. The average Bonchev–Trinajstić information content (AvgIpc) is 2.88. The maximum absolute atomic E-state index is 9.40. The van der Waals surface area contributed by atoms with Gasteiger partial charge in [-0.15, -0.1) is 0 Å². The van der Waals surface area contributed by atoms with Gasteiger partial charge in [-0.05, 0) is 29.8 Å². The molecule has 0 fully saturated rings. The number of nitrogens with zero attached hydrogens (tertiary/aromatic N) is 3. The van der Waals surface area contributed by atoms with Crippen LogP contribution in [0.15, 0.2) is 53.3 Å². The quantitative estimate of drug-likeness (QED) is 0.776. The summed E-state index contributed by atoms with van der Waals surface area (Å²) < 4.78 is 5.20. The van der Waals surface area contributed by atoms with Crippen molar-refractivity contribution in [1.82, 2.24) is 15.1 Å². The van der Waals surface area contributed by atoms with Crippen LogP contribution in [0.5, 0.6) is 5.75 Å². The summed E-state index contributed by atoms with van der Waals surface area (Å²) in [5, 5.41) is 13.3. The van der Waals surface area contributed by atoms with Crippen LogP contribution in [-0.4, -0.2) is 20.2 Å². The molecular weight excluding hydrogens is 242 g/mol. The molecule has 0 saturated carbocycles. The highest BCUT2D eigenvalue weighted by molar-refractivity contribution is 5.52. The van der Waals surface area contributed by atoms with Gasteiger partial charge in [0.05, 0.1) is 6.42 Å². The number of phenols is 1. The van der Waals surface area contributed by atoms with Crippen LogP contribution in [0.25, 0.3) is 11.4 Å². The Morgan fingerprint density at radius 2 is 1.95 bits per heavy atom. The summed E-state index contributed by atoms with van der Waals surface area (Å²) in [6, 6.07) is 10.6. The van der Waals surface area contributed by atoms with Crippen molar-refractivity contribution in [2.45, 2.75) is 6.42 Å². The van der Waals surface area contributed by atoms with Crippen LogP contribution in [0.2, 0.25) is 0 Å². The van der Waals surface area contributed by atoms with Gasteiger partial charge in [0.25, 0.3) is 0 Å². The average molecular weight is 253 g/mol. The van der Waals surface area contributed by atoms with Crippen molar-refractivity contribution in [3.8, 4) is 17.1 Å². The van der Waals surface area contributed by atoms with E-state index in [9.17, 15) is 5.11 Å². The number of rotatable bonds is 3. The Balaban J connectivity index is 1.82. The van der Waals surface area contributed by atoms with Crippen molar-refractivity contribution in [1.29, 1.82) is 0 Å². The second kappa shape index (κ2) is 4.89. The van der Waals surface area contributed by atoms with E-state index in [1.54, 1.807) is 30.6 Å². The van der Waals surface area contributed by atoms with E-state index in [1.165, 1.54) is 0 Å². The van der Waals surface area contributed by atoms with Crippen molar-refractivity contribution in [2.24, 2.45) is 0 Å². The van der Waals surface area contributed by atoms with Crippen LogP contribution in [0.4, 0.5) is 0 Å². The fourth-order valence-electron chi connectivity index (χ4n) is 1.79. The van der Waals surface area contributed by atoms with Gasteiger partial charge in [-0.1, -0.05) is 17.3 Å². The van der Waals surface area contributed by atoms with Gasteiger partial charge in [-0.3, -0.25) is 4.98 Å². The molecule has 0 atom stereocenters. The number of hydrogen-bond donors (Lipinski definition) is 1. The third kappa shape index (κ3) is 2.60. The lowest BCUT2D eigenvalue weighted by molar-refractivity contribution is 0.385. The van der Waals surface area contributed by atoms with Crippen LogP contribution >= 0.6 is 0 Å². The van der Waals surface area contributed by atoms with Gasteiger partial charge < -0.3 is 9.63 Å². The van der Waals surface area contributed by atoms with Gasteiger partial charge in [0.1, 0.15) is 5.75 Å². The molecule has 3 rings (SSSR count). The third-order valence-corrected chi connectivity index (χ3v) is 2.67. The first-order valence-electron chi connectivity index (χ1n) is 5.82. The molecule has 0 aliphatic rings. The fraction of sp³-hybridized carbons (Fsp3) is 0.0714. The number of pyridine rings is 1. The van der Waals surface area contributed by atoms with Crippen molar-refractivity contribution in [2.75, 3.05) is 0 Å². The molecule has 5 nitrogen and oxygen atoms in total. The molecule has 0 radical (unpaired) electrons. The summed E-state index contributed by atoms with van der Waals surface area (Å²) in [6.07, 6.45) is 3.85. The molecular formula is C14H11N3O2. The summed E-state index contributed by atoms with van der Waals surface area (Å²) >= 11 is 0. The minimum Gasteiger partial charge on any atom is -0.508 e. The molecule has 2 heterocycles. The van der Waals surface area contributed by atoms with Crippen LogP contribution in [-0.2, 0) is 6.42 Å². The molecule has 1 aromatic carbocycles. The minimum atomic E-state index is 0.228. The topological polar surface area (TPSA) is 72.0 Å². The van der Waals surface area contributed by atoms with Gasteiger partial charge in [0, 0.05) is 18.0 Å². The van der Waals surface area contributed by atoms with E-state index in [0.717, 1.165) is 11.1 Å². The number of aromatic nitrogens is 3. The van der Waals surface area contributed by atoms with Gasteiger partial charge in [-0.2, -0.15) is 4.98 Å². The minimum absolute atomic E-state index is 0.228. The highest BCUT2D eigenvalue weighted by Crippen LogP contribution is 2.17. The molecule has 0 amide bonds. The number of hydrogen-bond acceptors (Lipinski definition) is 5. The lowest BCUT2D eigenvalue weighted by Gasteiger charge is -1.97. The molecule has 5 heteroatoms. The normalized spacial score (nSPS) is 10.5. The van der Waals surface area contributed by atoms with Crippen molar-refractivity contribution in [3.63, 3.8) is 0 Å². The maximum Gasteiger partial charge on any atom is 0.231 e. The molecule has 0 aliphatic carbocycles. The Morgan fingerprint density at radius 1 is 1.11 bits per heavy atom. The summed E-state index contributed by atoms with van der Waals surface area (Å²) in [5.41, 5.74) is 1.78. The van der Waals surface area contributed by atoms with E-state index in [4.69, 9.17) is 4.52 Å². The summed E-state index contributed by atoms with van der Waals surface area (Å²) in [6.45, 7) is 0. The van der Waals surface area contributed by atoms with Gasteiger partial charge in [-0.25, -0.2) is 0 Å². The van der Waals surface area contributed by atoms with Gasteiger partial charge in [0.2, 0.25) is 11.7 Å². The number of phenolic OH excluding ortho intramolecular Hbond substituents is 1. The van der Waals surface area contributed by atoms with Crippen LogP contribution in [0.1, 0.15) is 11.5 Å². The second-order valence-corrected chi connectivity index (χ2v) is 4.09. The van der Waals surface area contributed by atoms with Gasteiger partial charge in [0.15, 0.2) is 0 Å². The summed E-state index contributed by atoms with van der Waals surface area (Å²) in [5.74, 6) is 1.28. The first-order chi connectivity index (χ1) is 9.31. The Morgan fingerprint density at radius 3 is 2.74 bits per heavy atom. The SMILES string of the molecule is Oc1cccc(Cc2nc(-c3ccncc3)no2)c1. The molecule has 0 unspecified atom stereocenters. The van der Waals surface area contributed by atoms with Crippen LogP contribution in [0.3, 0.4) is 0 Å². The molecule has 1 N–H and O–H groups in total. The molecule has 2 aromatic heterocycles. The van der Waals surface area contributed by atoms with E-state index in [0.29, 0.717) is 18.1 Å². The standard InChI is InChI=1S/C14H11N3O2/c18-12-3-1-2-10(8-12)9-13-16-14(17-19-13)11-4-6-15-7-5-11/h1-8,18H,9H2. The first-order valence-corrected chi connectivity index (χ1v) is 5.82. The molecule has 0 spiro atoms.